The highest BCUT2D eigenvalue weighted by atomic mass is 35.5. The van der Waals surface area contributed by atoms with Crippen molar-refractivity contribution in [1.29, 1.82) is 0 Å². The summed E-state index contributed by atoms with van der Waals surface area (Å²) < 4.78 is 0. The Bertz CT molecular complexity index is 442. The molecular formula is C17H31ClN4O2. The van der Waals surface area contributed by atoms with Gasteiger partial charge in [0.15, 0.2) is 0 Å². The summed E-state index contributed by atoms with van der Waals surface area (Å²) in [4.78, 5) is 29.0. The Morgan fingerprint density at radius 1 is 1.00 bits per heavy atom. The summed E-state index contributed by atoms with van der Waals surface area (Å²) in [6.07, 6.45) is 6.19. The third-order valence-electron chi connectivity index (χ3n) is 5.53. The smallest absolute Gasteiger partial charge is 0.320 e. The Balaban J connectivity index is 0.00000208. The molecule has 0 aromatic rings. The lowest BCUT2D eigenvalue weighted by atomic mass is 9.94. The standard InChI is InChI=1S/C17H30N4O2.ClH/c1-13-15(7-4-8-18-13)19-16(22)14-6-5-11-21(12-14)17(23)20-9-2-3-10-20;/h13-15,18H,2-12H2,1H3,(H,19,22);1H. The Morgan fingerprint density at radius 2 is 1.71 bits per heavy atom. The first-order valence-corrected chi connectivity index (χ1v) is 9.23. The number of amides is 3. The van der Waals surface area contributed by atoms with Crippen LogP contribution in [-0.4, -0.2) is 66.5 Å². The molecule has 6 nitrogen and oxygen atoms in total. The summed E-state index contributed by atoms with van der Waals surface area (Å²) in [6, 6.07) is 0.687. The van der Waals surface area contributed by atoms with Gasteiger partial charge in [0.05, 0.1) is 5.92 Å². The normalized spacial score (nSPS) is 30.6. The van der Waals surface area contributed by atoms with Crippen molar-refractivity contribution < 1.29 is 9.59 Å². The van der Waals surface area contributed by atoms with Crippen molar-refractivity contribution in [1.82, 2.24) is 20.4 Å². The fourth-order valence-corrected chi connectivity index (χ4v) is 4.02. The van der Waals surface area contributed by atoms with Gasteiger partial charge < -0.3 is 20.4 Å². The van der Waals surface area contributed by atoms with E-state index in [9.17, 15) is 9.59 Å². The largest absolute Gasteiger partial charge is 0.352 e. The summed E-state index contributed by atoms with van der Waals surface area (Å²) in [6.45, 7) is 6.29. The van der Waals surface area contributed by atoms with Crippen molar-refractivity contribution in [2.45, 2.75) is 57.5 Å². The van der Waals surface area contributed by atoms with E-state index in [0.717, 1.165) is 64.7 Å². The lowest BCUT2D eigenvalue weighted by molar-refractivity contribution is -0.127. The zero-order valence-corrected chi connectivity index (χ0v) is 15.4. The van der Waals surface area contributed by atoms with E-state index in [0.29, 0.717) is 12.6 Å². The summed E-state index contributed by atoms with van der Waals surface area (Å²) in [5.74, 6) is 0.0777. The third kappa shape index (κ3) is 4.54. The quantitative estimate of drug-likeness (QED) is 0.788. The molecule has 138 valence electrons. The van der Waals surface area contributed by atoms with Gasteiger partial charge in [-0.15, -0.1) is 12.4 Å². The molecule has 0 saturated carbocycles. The number of hydrogen-bond acceptors (Lipinski definition) is 3. The molecule has 3 atom stereocenters. The molecule has 0 aromatic carbocycles. The second kappa shape index (κ2) is 8.90. The minimum Gasteiger partial charge on any atom is -0.352 e. The van der Waals surface area contributed by atoms with Gasteiger partial charge in [-0.3, -0.25) is 4.79 Å². The second-order valence-corrected chi connectivity index (χ2v) is 7.26. The first-order valence-electron chi connectivity index (χ1n) is 9.23. The number of halogens is 1. The van der Waals surface area contributed by atoms with Gasteiger partial charge >= 0.3 is 6.03 Å². The average molecular weight is 359 g/mol. The van der Waals surface area contributed by atoms with Crippen LogP contribution in [0.1, 0.15) is 45.4 Å². The van der Waals surface area contributed by atoms with Gasteiger partial charge in [0.25, 0.3) is 0 Å². The fourth-order valence-electron chi connectivity index (χ4n) is 4.02. The van der Waals surface area contributed by atoms with Crippen molar-refractivity contribution in [2.24, 2.45) is 5.92 Å². The Labute approximate surface area is 151 Å². The highest BCUT2D eigenvalue weighted by molar-refractivity contribution is 5.85. The predicted molar refractivity (Wildman–Crippen MR) is 96.4 cm³/mol. The maximum atomic E-state index is 12.6. The Kier molecular flexibility index (Phi) is 7.16. The third-order valence-corrected chi connectivity index (χ3v) is 5.53. The van der Waals surface area contributed by atoms with Crippen LogP contribution in [0.2, 0.25) is 0 Å². The molecular weight excluding hydrogens is 328 g/mol. The number of likely N-dealkylation sites (tertiary alicyclic amines) is 2. The molecule has 24 heavy (non-hydrogen) atoms. The number of nitrogens with one attached hydrogen (secondary N) is 2. The zero-order valence-electron chi connectivity index (χ0n) is 14.6. The molecule has 0 aromatic heterocycles. The van der Waals surface area contributed by atoms with Crippen LogP contribution in [0.25, 0.3) is 0 Å². The van der Waals surface area contributed by atoms with Crippen LogP contribution in [0.4, 0.5) is 4.79 Å². The van der Waals surface area contributed by atoms with Gasteiger partial charge in [-0.2, -0.15) is 0 Å². The first-order chi connectivity index (χ1) is 11.1. The van der Waals surface area contributed by atoms with E-state index in [-0.39, 0.29) is 36.3 Å². The molecule has 7 heteroatoms. The van der Waals surface area contributed by atoms with Crippen LogP contribution in [0.3, 0.4) is 0 Å². The fraction of sp³-hybridized carbons (Fsp3) is 0.882. The molecule has 3 heterocycles. The summed E-state index contributed by atoms with van der Waals surface area (Å²) in [5, 5.41) is 6.63. The van der Waals surface area contributed by atoms with Gasteiger partial charge in [-0.1, -0.05) is 0 Å². The summed E-state index contributed by atoms with van der Waals surface area (Å²) >= 11 is 0. The lowest BCUT2D eigenvalue weighted by Crippen LogP contribution is -2.55. The SMILES string of the molecule is CC1NCCCC1NC(=O)C1CCCN(C(=O)N2CCCC2)C1.Cl. The highest BCUT2D eigenvalue weighted by Gasteiger charge is 2.33. The molecule has 3 fully saturated rings. The monoisotopic (exact) mass is 358 g/mol. The van der Waals surface area contributed by atoms with Crippen molar-refractivity contribution in [2.75, 3.05) is 32.7 Å². The number of piperidine rings is 2. The number of urea groups is 1. The van der Waals surface area contributed by atoms with Crippen LogP contribution in [0.15, 0.2) is 0 Å². The van der Waals surface area contributed by atoms with Crippen LogP contribution < -0.4 is 10.6 Å². The van der Waals surface area contributed by atoms with Gasteiger partial charge in [0, 0.05) is 38.3 Å². The molecule has 0 aliphatic carbocycles. The lowest BCUT2D eigenvalue weighted by Gasteiger charge is -2.36. The Hall–Kier alpha value is -1.01. The van der Waals surface area contributed by atoms with Crippen molar-refractivity contribution in [3.8, 4) is 0 Å². The van der Waals surface area contributed by atoms with E-state index in [1.165, 1.54) is 0 Å². The molecule has 3 aliphatic heterocycles. The maximum absolute atomic E-state index is 12.6. The van der Waals surface area contributed by atoms with E-state index in [4.69, 9.17) is 0 Å². The van der Waals surface area contributed by atoms with Crippen molar-refractivity contribution in [3.05, 3.63) is 0 Å². The molecule has 3 amide bonds. The molecule has 0 bridgehead atoms. The molecule has 3 saturated heterocycles. The van der Waals surface area contributed by atoms with E-state index in [2.05, 4.69) is 17.6 Å². The van der Waals surface area contributed by atoms with Gasteiger partial charge in [-0.05, 0) is 52.0 Å². The van der Waals surface area contributed by atoms with Crippen molar-refractivity contribution >= 4 is 24.3 Å². The van der Waals surface area contributed by atoms with E-state index in [1.807, 2.05) is 9.80 Å². The second-order valence-electron chi connectivity index (χ2n) is 7.26. The molecule has 2 N–H and O–H groups in total. The van der Waals surface area contributed by atoms with Crippen molar-refractivity contribution in [3.63, 3.8) is 0 Å². The number of carbonyl (C=O) groups excluding carboxylic acids is 2. The highest BCUT2D eigenvalue weighted by Crippen LogP contribution is 2.20. The topological polar surface area (TPSA) is 64.7 Å². The van der Waals surface area contributed by atoms with Crippen LogP contribution >= 0.6 is 12.4 Å². The van der Waals surface area contributed by atoms with Gasteiger partial charge in [-0.25, -0.2) is 4.79 Å². The first kappa shape index (κ1) is 19.3. The Morgan fingerprint density at radius 3 is 2.42 bits per heavy atom. The average Bonchev–Trinajstić information content (AvgIpc) is 3.11. The molecule has 0 radical (unpaired) electrons. The molecule has 0 spiro atoms. The summed E-state index contributed by atoms with van der Waals surface area (Å²) in [7, 11) is 0. The van der Waals surface area contributed by atoms with Gasteiger partial charge in [0.2, 0.25) is 5.91 Å². The number of carbonyl (C=O) groups is 2. The maximum Gasteiger partial charge on any atom is 0.320 e. The van der Waals surface area contributed by atoms with E-state index >= 15 is 0 Å². The van der Waals surface area contributed by atoms with Crippen LogP contribution in [0.5, 0.6) is 0 Å². The van der Waals surface area contributed by atoms with E-state index < -0.39 is 0 Å². The summed E-state index contributed by atoms with van der Waals surface area (Å²) in [5.41, 5.74) is 0. The molecule has 3 unspecified atom stereocenters. The minimum atomic E-state index is -0.0515. The van der Waals surface area contributed by atoms with Crippen LogP contribution in [0, 0.1) is 5.92 Å². The zero-order chi connectivity index (χ0) is 16.2. The molecule has 3 aliphatic rings. The predicted octanol–water partition coefficient (Wildman–Crippen LogP) is 1.59. The number of hydrogen-bond donors (Lipinski definition) is 2. The minimum absolute atomic E-state index is 0. The molecule has 3 rings (SSSR count). The van der Waals surface area contributed by atoms with Gasteiger partial charge in [0.1, 0.15) is 0 Å². The number of rotatable bonds is 2. The van der Waals surface area contributed by atoms with Crippen LogP contribution in [-0.2, 0) is 4.79 Å². The number of nitrogens with zero attached hydrogens (tertiary/aromatic N) is 2. The van der Waals surface area contributed by atoms with E-state index in [1.54, 1.807) is 0 Å².